The molecule has 1 heteroatoms. The standard InChI is InChI=1S/C8H9N/c1-8-5-3-2-4-6-9-7-8/h3-4,6-7H,5H2,1H3/b8-7-,9-6-. The largest absolute Gasteiger partial charge is 0.264 e. The van der Waals surface area contributed by atoms with Gasteiger partial charge in [0.05, 0.1) is 0 Å². The van der Waals surface area contributed by atoms with E-state index >= 15 is 0 Å². The van der Waals surface area contributed by atoms with Gasteiger partial charge in [-0.15, -0.1) is 5.73 Å². The molecule has 0 atom stereocenters. The van der Waals surface area contributed by atoms with Crippen molar-refractivity contribution in [3.05, 3.63) is 29.7 Å². The quantitative estimate of drug-likeness (QED) is 0.433. The molecule has 0 fully saturated rings. The summed E-state index contributed by atoms with van der Waals surface area (Å²) in [4.78, 5) is 3.99. The molecule has 1 rings (SSSR count). The summed E-state index contributed by atoms with van der Waals surface area (Å²) in [6, 6.07) is 0. The van der Waals surface area contributed by atoms with E-state index < -0.39 is 0 Å². The van der Waals surface area contributed by atoms with E-state index in [1.165, 1.54) is 5.57 Å². The minimum atomic E-state index is 0.966. The van der Waals surface area contributed by atoms with E-state index in [1.54, 1.807) is 6.21 Å². The molecule has 0 aromatic heterocycles. The summed E-state index contributed by atoms with van der Waals surface area (Å²) < 4.78 is 0. The van der Waals surface area contributed by atoms with E-state index in [0.717, 1.165) is 6.42 Å². The van der Waals surface area contributed by atoms with E-state index in [-0.39, 0.29) is 0 Å². The van der Waals surface area contributed by atoms with Gasteiger partial charge in [0.2, 0.25) is 0 Å². The summed E-state index contributed by atoms with van der Waals surface area (Å²) in [6.45, 7) is 2.06. The Kier molecular flexibility index (Phi) is 2.06. The highest BCUT2D eigenvalue weighted by Crippen LogP contribution is 2.00. The van der Waals surface area contributed by atoms with Crippen LogP contribution in [0.2, 0.25) is 0 Å². The van der Waals surface area contributed by atoms with Gasteiger partial charge in [0.15, 0.2) is 0 Å². The first-order valence-electron chi connectivity index (χ1n) is 2.98. The number of nitrogens with zero attached hydrogens (tertiary/aromatic N) is 1. The van der Waals surface area contributed by atoms with Crippen molar-refractivity contribution in [1.82, 2.24) is 0 Å². The molecule has 46 valence electrons. The van der Waals surface area contributed by atoms with Crippen LogP contribution in [0, 0.1) is 0 Å². The smallest absolute Gasteiger partial charge is 0.0344 e. The molecule has 0 aliphatic carbocycles. The first-order chi connectivity index (χ1) is 4.39. The fourth-order valence-corrected chi connectivity index (χ4v) is 0.597. The van der Waals surface area contributed by atoms with Crippen LogP contribution in [0.15, 0.2) is 34.6 Å². The van der Waals surface area contributed by atoms with Gasteiger partial charge < -0.3 is 0 Å². The zero-order chi connectivity index (χ0) is 6.53. The predicted octanol–water partition coefficient (Wildman–Crippen LogP) is 2.08. The average molecular weight is 119 g/mol. The molecule has 0 amide bonds. The van der Waals surface area contributed by atoms with E-state index in [9.17, 15) is 0 Å². The highest BCUT2D eigenvalue weighted by atomic mass is 14.7. The van der Waals surface area contributed by atoms with Crippen molar-refractivity contribution in [2.45, 2.75) is 13.3 Å². The van der Waals surface area contributed by atoms with Crippen molar-refractivity contribution < 1.29 is 0 Å². The number of hydrogen-bond acceptors (Lipinski definition) is 1. The Balaban J connectivity index is 2.77. The van der Waals surface area contributed by atoms with Crippen molar-refractivity contribution in [2.24, 2.45) is 4.99 Å². The number of hydrogen-bond donors (Lipinski definition) is 0. The topological polar surface area (TPSA) is 12.4 Å². The molecule has 9 heavy (non-hydrogen) atoms. The minimum Gasteiger partial charge on any atom is -0.264 e. The summed E-state index contributed by atoms with van der Waals surface area (Å²) in [6.07, 6.45) is 8.38. The van der Waals surface area contributed by atoms with Crippen molar-refractivity contribution in [2.75, 3.05) is 0 Å². The van der Waals surface area contributed by atoms with Crippen LogP contribution in [0.25, 0.3) is 0 Å². The van der Waals surface area contributed by atoms with Crippen LogP contribution < -0.4 is 0 Å². The average Bonchev–Trinajstić information content (AvgIpc) is 1.79. The molecule has 0 unspecified atom stereocenters. The molecule has 0 saturated carbocycles. The van der Waals surface area contributed by atoms with E-state index in [4.69, 9.17) is 0 Å². The van der Waals surface area contributed by atoms with Gasteiger partial charge in [-0.25, -0.2) is 0 Å². The first-order valence-corrected chi connectivity index (χ1v) is 2.98. The molecule has 0 N–H and O–H groups in total. The maximum absolute atomic E-state index is 3.99. The van der Waals surface area contributed by atoms with Crippen LogP contribution in [0.3, 0.4) is 0 Å². The summed E-state index contributed by atoms with van der Waals surface area (Å²) in [7, 11) is 0. The molecule has 0 aromatic rings. The van der Waals surface area contributed by atoms with Crippen LogP contribution in [-0.2, 0) is 0 Å². The summed E-state index contributed by atoms with van der Waals surface area (Å²) in [5, 5.41) is 0. The van der Waals surface area contributed by atoms with Crippen LogP contribution in [0.4, 0.5) is 0 Å². The van der Waals surface area contributed by atoms with Crippen molar-refractivity contribution in [1.29, 1.82) is 0 Å². The van der Waals surface area contributed by atoms with Gasteiger partial charge in [0.25, 0.3) is 0 Å². The van der Waals surface area contributed by atoms with Gasteiger partial charge in [-0.3, -0.25) is 4.99 Å². The lowest BCUT2D eigenvalue weighted by molar-refractivity contribution is 1.19. The van der Waals surface area contributed by atoms with Gasteiger partial charge in [-0.2, -0.15) is 0 Å². The second-order valence-electron chi connectivity index (χ2n) is 2.02. The fourth-order valence-electron chi connectivity index (χ4n) is 0.597. The third kappa shape index (κ3) is 2.11. The SMILES string of the molecule is C/C1=C/N=C\C=C=CC1. The van der Waals surface area contributed by atoms with Crippen LogP contribution in [0.1, 0.15) is 13.3 Å². The highest BCUT2D eigenvalue weighted by molar-refractivity contribution is 5.71. The fraction of sp³-hybridized carbons (Fsp3) is 0.250. The Morgan fingerprint density at radius 1 is 1.67 bits per heavy atom. The molecule has 0 spiro atoms. The lowest BCUT2D eigenvalue weighted by atomic mass is 10.2. The molecule has 0 aromatic carbocycles. The molecule has 1 aliphatic heterocycles. The Morgan fingerprint density at radius 2 is 2.56 bits per heavy atom. The monoisotopic (exact) mass is 119 g/mol. The van der Waals surface area contributed by atoms with Gasteiger partial charge in [-0.1, -0.05) is 5.57 Å². The van der Waals surface area contributed by atoms with Gasteiger partial charge in [0.1, 0.15) is 0 Å². The van der Waals surface area contributed by atoms with Crippen LogP contribution in [0.5, 0.6) is 0 Å². The van der Waals surface area contributed by atoms with Crippen molar-refractivity contribution in [3.63, 3.8) is 0 Å². The summed E-state index contributed by atoms with van der Waals surface area (Å²) in [5.74, 6) is 0. The third-order valence-corrected chi connectivity index (χ3v) is 1.09. The summed E-state index contributed by atoms with van der Waals surface area (Å²) >= 11 is 0. The van der Waals surface area contributed by atoms with Gasteiger partial charge in [-0.05, 0) is 25.5 Å². The molecule has 0 bridgehead atoms. The van der Waals surface area contributed by atoms with Crippen molar-refractivity contribution in [3.8, 4) is 0 Å². The second kappa shape index (κ2) is 3.06. The number of rotatable bonds is 0. The Hall–Kier alpha value is -1.07. The normalized spacial score (nSPS) is 26.1. The highest BCUT2D eigenvalue weighted by Gasteiger charge is 1.82. The molecule has 1 nitrogen and oxygen atoms in total. The predicted molar refractivity (Wildman–Crippen MR) is 39.5 cm³/mol. The molecule has 0 radical (unpaired) electrons. The Bertz CT molecular complexity index is 203. The van der Waals surface area contributed by atoms with Gasteiger partial charge >= 0.3 is 0 Å². The maximum Gasteiger partial charge on any atom is 0.0344 e. The molecule has 1 heterocycles. The van der Waals surface area contributed by atoms with Crippen LogP contribution in [-0.4, -0.2) is 6.21 Å². The molecular weight excluding hydrogens is 110 g/mol. The zero-order valence-electron chi connectivity index (χ0n) is 5.46. The third-order valence-electron chi connectivity index (χ3n) is 1.09. The van der Waals surface area contributed by atoms with E-state index in [1.807, 2.05) is 18.4 Å². The van der Waals surface area contributed by atoms with E-state index in [0.29, 0.717) is 0 Å². The molecular formula is C8H9N. The number of aliphatic imine (C=N–C) groups is 1. The lowest BCUT2D eigenvalue weighted by Gasteiger charge is -1.90. The van der Waals surface area contributed by atoms with E-state index in [2.05, 4.69) is 17.6 Å². The van der Waals surface area contributed by atoms with Gasteiger partial charge in [0, 0.05) is 12.4 Å². The Morgan fingerprint density at radius 3 is 3.44 bits per heavy atom. The Labute approximate surface area is 55.1 Å². The summed E-state index contributed by atoms with van der Waals surface area (Å²) in [5.41, 5.74) is 4.25. The number of allylic oxidation sites excluding steroid dienone is 2. The van der Waals surface area contributed by atoms with Crippen molar-refractivity contribution >= 4 is 6.21 Å². The molecule has 0 saturated heterocycles. The first kappa shape index (κ1) is 6.06. The minimum absolute atomic E-state index is 0.966. The maximum atomic E-state index is 3.99. The molecule has 1 aliphatic rings. The lowest BCUT2D eigenvalue weighted by Crippen LogP contribution is -1.73. The zero-order valence-corrected chi connectivity index (χ0v) is 5.46. The second-order valence-corrected chi connectivity index (χ2v) is 2.02. The van der Waals surface area contributed by atoms with Crippen LogP contribution >= 0.6 is 0 Å².